The van der Waals surface area contributed by atoms with Gasteiger partial charge in [0.2, 0.25) is 0 Å². The van der Waals surface area contributed by atoms with E-state index in [1.165, 1.54) is 0 Å². The number of piperidine rings is 1. The zero-order valence-electron chi connectivity index (χ0n) is 16.7. The Morgan fingerprint density at radius 2 is 2.25 bits per heavy atom. The molecule has 2 atom stereocenters. The van der Waals surface area contributed by atoms with E-state index >= 15 is 0 Å². The summed E-state index contributed by atoms with van der Waals surface area (Å²) in [4.78, 5) is 21.7. The fourth-order valence-corrected chi connectivity index (χ4v) is 4.19. The van der Waals surface area contributed by atoms with Crippen LogP contribution >= 0.6 is 0 Å². The lowest BCUT2D eigenvalue weighted by molar-refractivity contribution is 0.0146. The van der Waals surface area contributed by atoms with E-state index in [9.17, 15) is 9.82 Å². The van der Waals surface area contributed by atoms with Crippen molar-refractivity contribution >= 4 is 29.8 Å². The average Bonchev–Trinajstić information content (AvgIpc) is 3.08. The molecule has 7 nitrogen and oxygen atoms in total. The highest BCUT2D eigenvalue weighted by molar-refractivity contribution is 6.52. The first-order chi connectivity index (χ1) is 13.2. The normalized spacial score (nSPS) is 22.5. The monoisotopic (exact) mass is 383 g/mol. The van der Waals surface area contributed by atoms with Crippen LogP contribution in [0.1, 0.15) is 39.7 Å². The fraction of sp³-hybridized carbons (Fsp3) is 0.500. The topological polar surface area (TPSA) is 87.7 Å². The van der Waals surface area contributed by atoms with E-state index in [-0.39, 0.29) is 17.9 Å². The van der Waals surface area contributed by atoms with Gasteiger partial charge in [0, 0.05) is 30.2 Å². The van der Waals surface area contributed by atoms with Gasteiger partial charge in [-0.3, -0.25) is 0 Å². The number of carbonyl (C=O) groups is 1. The molecule has 2 aliphatic heterocycles. The van der Waals surface area contributed by atoms with E-state index in [1.54, 1.807) is 17.1 Å². The van der Waals surface area contributed by atoms with Crippen LogP contribution in [-0.2, 0) is 4.74 Å². The molecule has 2 aliphatic rings. The highest BCUT2D eigenvalue weighted by Gasteiger charge is 2.37. The molecule has 28 heavy (non-hydrogen) atoms. The van der Waals surface area contributed by atoms with Crippen LogP contribution in [0.25, 0.3) is 16.6 Å². The molecular weight excluding hydrogens is 357 g/mol. The third-order valence-corrected chi connectivity index (χ3v) is 5.37. The number of allylic oxidation sites excluding steroid dienone is 1. The molecule has 0 spiro atoms. The van der Waals surface area contributed by atoms with E-state index in [4.69, 9.17) is 9.39 Å². The third-order valence-electron chi connectivity index (χ3n) is 5.37. The van der Waals surface area contributed by atoms with Gasteiger partial charge in [-0.05, 0) is 56.6 Å². The van der Waals surface area contributed by atoms with Crippen LogP contribution in [0.5, 0.6) is 5.75 Å². The number of fused-ring (bicyclic) bond motifs is 3. The molecular formula is C20H26BN3O4. The molecule has 4 rings (SSSR count). The third kappa shape index (κ3) is 3.48. The van der Waals surface area contributed by atoms with Crippen molar-refractivity contribution in [3.63, 3.8) is 0 Å². The Balaban J connectivity index is 1.60. The maximum atomic E-state index is 12.4. The molecule has 0 unspecified atom stereocenters. The smallest absolute Gasteiger partial charge is 0.531 e. The number of carbonyl (C=O) groups excluding carboxylic acids is 1. The zero-order valence-corrected chi connectivity index (χ0v) is 16.7. The molecule has 2 aromatic heterocycles. The minimum absolute atomic E-state index is 0.205. The summed E-state index contributed by atoms with van der Waals surface area (Å²) < 4.78 is 11.1. The summed E-state index contributed by atoms with van der Waals surface area (Å²) in [5.41, 5.74) is 2.34. The lowest BCUT2D eigenvalue weighted by Crippen LogP contribution is -2.45. The Bertz CT molecular complexity index is 933. The number of rotatable bonds is 1. The minimum Gasteiger partial charge on any atom is -0.531 e. The molecule has 1 fully saturated rings. The van der Waals surface area contributed by atoms with Crippen molar-refractivity contribution in [3.05, 3.63) is 30.0 Å². The second-order valence-corrected chi connectivity index (χ2v) is 8.67. The van der Waals surface area contributed by atoms with Crippen LogP contribution in [-0.4, -0.2) is 51.8 Å². The van der Waals surface area contributed by atoms with Crippen molar-refractivity contribution in [2.45, 2.75) is 39.7 Å². The predicted octanol–water partition coefficient (Wildman–Crippen LogP) is 3.25. The van der Waals surface area contributed by atoms with Crippen LogP contribution in [0, 0.1) is 11.8 Å². The summed E-state index contributed by atoms with van der Waals surface area (Å²) in [7, 11) is -0.989. The molecule has 0 saturated carbocycles. The van der Waals surface area contributed by atoms with Gasteiger partial charge in [-0.25, -0.2) is 9.78 Å². The Labute approximate surface area is 164 Å². The summed E-state index contributed by atoms with van der Waals surface area (Å²) in [5, 5.41) is 11.2. The summed E-state index contributed by atoms with van der Waals surface area (Å²) >= 11 is 0. The largest absolute Gasteiger partial charge is 0.552 e. The molecule has 0 aliphatic carbocycles. The molecule has 0 radical (unpaired) electrons. The molecule has 8 heteroatoms. The van der Waals surface area contributed by atoms with E-state index in [1.807, 2.05) is 33.0 Å². The van der Waals surface area contributed by atoms with Crippen molar-refractivity contribution < 1.29 is 19.2 Å². The number of amides is 1. The Hall–Kier alpha value is -2.48. The lowest BCUT2D eigenvalue weighted by atomic mass is 9.71. The number of ether oxygens (including phenoxy) is 1. The number of likely N-dealkylation sites (tertiary alicyclic amines) is 1. The summed E-state index contributed by atoms with van der Waals surface area (Å²) in [6, 6.07) is 1.98. The minimum atomic E-state index is -0.989. The number of pyridine rings is 1. The van der Waals surface area contributed by atoms with Crippen molar-refractivity contribution in [2.75, 3.05) is 13.1 Å². The highest BCUT2D eigenvalue weighted by atomic mass is 16.6. The summed E-state index contributed by atoms with van der Waals surface area (Å²) in [5.74, 6) is 2.81. The standard InChI is InChI=1S/C20H26BN3O4/c1-12-11-24(19(25)27-20(2,3)4)8-6-13(12)15-9-21(26)28-16-10-23-18-14(17(15)16)5-7-22-18/h5,7,9-10,12-13,26H,6,8,11H2,1-4H3,(H,22,23)/t12-,13+/m0/s1. The Morgan fingerprint density at radius 1 is 1.46 bits per heavy atom. The highest BCUT2D eigenvalue weighted by Crippen LogP contribution is 2.44. The lowest BCUT2D eigenvalue weighted by Gasteiger charge is -2.39. The number of aromatic amines is 1. The van der Waals surface area contributed by atoms with Crippen molar-refractivity contribution in [2.24, 2.45) is 11.8 Å². The molecule has 4 heterocycles. The van der Waals surface area contributed by atoms with E-state index in [0.29, 0.717) is 18.8 Å². The van der Waals surface area contributed by atoms with Crippen molar-refractivity contribution in [1.82, 2.24) is 14.9 Å². The average molecular weight is 383 g/mol. The first-order valence-electron chi connectivity index (χ1n) is 9.74. The summed E-state index contributed by atoms with van der Waals surface area (Å²) in [6.45, 7) is 9.01. The number of nitrogens with zero attached hydrogens (tertiary/aromatic N) is 2. The maximum absolute atomic E-state index is 12.4. The number of nitrogens with one attached hydrogen (secondary N) is 1. The van der Waals surface area contributed by atoms with Crippen molar-refractivity contribution in [3.8, 4) is 5.75 Å². The maximum Gasteiger partial charge on any atom is 0.552 e. The second kappa shape index (κ2) is 6.85. The molecule has 0 bridgehead atoms. The van der Waals surface area contributed by atoms with Crippen molar-refractivity contribution in [1.29, 1.82) is 0 Å². The molecule has 148 valence electrons. The quantitative estimate of drug-likeness (QED) is 0.739. The van der Waals surface area contributed by atoms with Gasteiger partial charge in [-0.15, -0.1) is 0 Å². The van der Waals surface area contributed by atoms with Gasteiger partial charge in [0.1, 0.15) is 17.0 Å². The Morgan fingerprint density at radius 3 is 2.96 bits per heavy atom. The van der Waals surface area contributed by atoms with E-state index in [2.05, 4.69) is 16.9 Å². The zero-order chi connectivity index (χ0) is 20.1. The molecule has 1 amide bonds. The first kappa shape index (κ1) is 18.9. The summed E-state index contributed by atoms with van der Waals surface area (Å²) in [6.07, 6.45) is 4.04. The second-order valence-electron chi connectivity index (χ2n) is 8.67. The van der Waals surface area contributed by atoms with Gasteiger partial charge in [0.15, 0.2) is 0 Å². The molecule has 1 saturated heterocycles. The number of hydrogen-bond acceptors (Lipinski definition) is 5. The van der Waals surface area contributed by atoms with Gasteiger partial charge in [-0.2, -0.15) is 0 Å². The van der Waals surface area contributed by atoms with Gasteiger partial charge in [0.05, 0.1) is 6.20 Å². The fourth-order valence-electron chi connectivity index (χ4n) is 4.19. The van der Waals surface area contributed by atoms with E-state index in [0.717, 1.165) is 28.6 Å². The predicted molar refractivity (Wildman–Crippen MR) is 108 cm³/mol. The van der Waals surface area contributed by atoms with Crippen LogP contribution in [0.15, 0.2) is 24.4 Å². The molecule has 2 N–H and O–H groups in total. The van der Waals surface area contributed by atoms with Gasteiger partial charge >= 0.3 is 13.2 Å². The van der Waals surface area contributed by atoms with E-state index < -0.39 is 12.7 Å². The molecule has 0 aromatic carbocycles. The molecule has 2 aromatic rings. The SMILES string of the molecule is C[C@H]1CN(C(=O)OC(C)(C)C)CC[C@H]1C1=CB(O)Oc2cnc3[nH]ccc3c21. The van der Waals surface area contributed by atoms with Gasteiger partial charge in [0.25, 0.3) is 0 Å². The first-order valence-corrected chi connectivity index (χ1v) is 9.74. The van der Waals surface area contributed by atoms with Crippen LogP contribution in [0.4, 0.5) is 4.79 Å². The van der Waals surface area contributed by atoms with Crippen LogP contribution < -0.4 is 4.65 Å². The number of aromatic nitrogens is 2. The number of hydrogen-bond donors (Lipinski definition) is 2. The number of H-pyrrole nitrogens is 1. The van der Waals surface area contributed by atoms with Crippen LogP contribution in [0.3, 0.4) is 0 Å². The van der Waals surface area contributed by atoms with Crippen LogP contribution in [0.2, 0.25) is 0 Å². The van der Waals surface area contributed by atoms with Gasteiger partial charge in [-0.1, -0.05) is 6.92 Å². The Kier molecular flexibility index (Phi) is 4.61. The van der Waals surface area contributed by atoms with Gasteiger partial charge < -0.3 is 24.3 Å².